The summed E-state index contributed by atoms with van der Waals surface area (Å²) in [6.45, 7) is 1.11. The quantitative estimate of drug-likeness (QED) is 0.186. The number of alkyl halides is 6. The van der Waals surface area contributed by atoms with E-state index >= 15 is 0 Å². The third-order valence-electron chi connectivity index (χ3n) is 5.22. The number of hydrogen-bond donors (Lipinski definition) is 1. The van der Waals surface area contributed by atoms with Gasteiger partial charge in [0.05, 0.1) is 18.1 Å². The minimum Gasteiger partial charge on any atom is -0.506 e. The second-order valence-corrected chi connectivity index (χ2v) is 7.52. The van der Waals surface area contributed by atoms with Gasteiger partial charge in [-0.1, -0.05) is 24.3 Å². The molecule has 1 aromatic heterocycles. The molecule has 2 aromatic rings. The van der Waals surface area contributed by atoms with Gasteiger partial charge in [0.15, 0.2) is 5.57 Å². The maximum atomic E-state index is 13.3. The van der Waals surface area contributed by atoms with Crippen LogP contribution in [0.1, 0.15) is 18.9 Å². The number of benzene rings is 1. The van der Waals surface area contributed by atoms with Gasteiger partial charge in [-0.15, -0.1) is 0 Å². The van der Waals surface area contributed by atoms with Crippen molar-refractivity contribution < 1.29 is 41.0 Å². The van der Waals surface area contributed by atoms with Gasteiger partial charge in [-0.3, -0.25) is 0 Å². The van der Waals surface area contributed by atoms with Gasteiger partial charge in [-0.25, -0.2) is 4.79 Å². The zero-order valence-corrected chi connectivity index (χ0v) is 17.7. The Hall–Kier alpha value is -3.68. The van der Waals surface area contributed by atoms with E-state index in [0.717, 1.165) is 0 Å². The van der Waals surface area contributed by atoms with E-state index in [1.54, 1.807) is 24.3 Å². The lowest BCUT2D eigenvalue weighted by molar-refractivity contribution is -0.162. The van der Waals surface area contributed by atoms with Crippen LogP contribution in [-0.2, 0) is 16.1 Å². The molecule has 34 heavy (non-hydrogen) atoms. The average Bonchev–Trinajstić information content (AvgIpc) is 3.11. The van der Waals surface area contributed by atoms with Crippen LogP contribution in [0, 0.1) is 17.2 Å². The Labute approximate surface area is 189 Å². The first kappa shape index (κ1) is 25.0. The van der Waals surface area contributed by atoms with Crippen molar-refractivity contribution in [3.8, 4) is 6.07 Å². The molecule has 0 radical (unpaired) electrons. The lowest BCUT2D eigenvalue weighted by Crippen LogP contribution is -2.27. The van der Waals surface area contributed by atoms with Crippen LogP contribution in [0.3, 0.4) is 0 Å². The number of aliphatic hydroxyl groups excluding tert-OH is 1. The Morgan fingerprint density at radius 2 is 1.91 bits per heavy atom. The number of nitrogens with zero attached hydrogens (tertiary/aromatic N) is 2. The zero-order valence-electron chi connectivity index (χ0n) is 17.7. The number of hydrogen-bond acceptors (Lipinski definition) is 4. The van der Waals surface area contributed by atoms with Gasteiger partial charge in [0.1, 0.15) is 11.8 Å². The number of aromatic nitrogens is 1. The summed E-state index contributed by atoms with van der Waals surface area (Å²) >= 11 is 0. The van der Waals surface area contributed by atoms with Crippen molar-refractivity contribution in [2.75, 3.05) is 6.61 Å². The Bertz CT molecular complexity index is 1240. The Morgan fingerprint density at radius 1 is 1.24 bits per heavy atom. The Balaban J connectivity index is 2.09. The molecule has 11 heteroatoms. The number of halogens is 6. The topological polar surface area (TPSA) is 75.2 Å². The van der Waals surface area contributed by atoms with E-state index in [1.807, 2.05) is 0 Å². The molecule has 0 spiro atoms. The fourth-order valence-corrected chi connectivity index (χ4v) is 3.70. The number of ether oxygens (including phenoxy) is 1. The number of allylic oxidation sites excluding steroid dienone is 4. The monoisotopic (exact) mass is 484 g/mol. The van der Waals surface area contributed by atoms with Crippen molar-refractivity contribution in [2.24, 2.45) is 5.92 Å². The van der Waals surface area contributed by atoms with Crippen molar-refractivity contribution in [1.82, 2.24) is 4.57 Å². The molecule has 1 heterocycles. The summed E-state index contributed by atoms with van der Waals surface area (Å²) in [5.74, 6) is -4.08. The lowest BCUT2D eigenvalue weighted by Gasteiger charge is -2.25. The van der Waals surface area contributed by atoms with Gasteiger partial charge in [-0.05, 0) is 31.1 Å². The fraction of sp³-hybridized carbons (Fsp3) is 0.304. The van der Waals surface area contributed by atoms with Crippen LogP contribution in [0.2, 0.25) is 0 Å². The van der Waals surface area contributed by atoms with E-state index < -0.39 is 47.6 Å². The van der Waals surface area contributed by atoms with E-state index in [1.165, 1.54) is 23.8 Å². The normalized spacial score (nSPS) is 17.5. The minimum atomic E-state index is -4.96. The molecular weight excluding hydrogens is 466 g/mol. The highest BCUT2D eigenvalue weighted by atomic mass is 19.4. The Kier molecular flexibility index (Phi) is 6.82. The maximum absolute atomic E-state index is 13.3. The summed E-state index contributed by atoms with van der Waals surface area (Å²) in [5, 5.41) is 20.3. The van der Waals surface area contributed by atoms with Gasteiger partial charge >= 0.3 is 18.3 Å². The molecule has 1 aliphatic rings. The first-order valence-electron chi connectivity index (χ1n) is 10.0. The van der Waals surface area contributed by atoms with E-state index in [-0.39, 0.29) is 30.4 Å². The van der Waals surface area contributed by atoms with Crippen LogP contribution in [0.5, 0.6) is 0 Å². The summed E-state index contributed by atoms with van der Waals surface area (Å²) in [6, 6.07) is 7.82. The van der Waals surface area contributed by atoms with Crippen molar-refractivity contribution in [2.45, 2.75) is 32.2 Å². The lowest BCUT2D eigenvalue weighted by atomic mass is 9.89. The molecule has 1 aliphatic carbocycles. The highest BCUT2D eigenvalue weighted by Gasteiger charge is 2.44. The van der Waals surface area contributed by atoms with E-state index in [2.05, 4.69) is 0 Å². The summed E-state index contributed by atoms with van der Waals surface area (Å²) in [4.78, 5) is 12.0. The summed E-state index contributed by atoms with van der Waals surface area (Å²) in [7, 11) is 0. The first-order chi connectivity index (χ1) is 15.9. The first-order valence-corrected chi connectivity index (χ1v) is 10.0. The number of fused-ring (bicyclic) bond motifs is 1. The van der Waals surface area contributed by atoms with Gasteiger partial charge in [0, 0.05) is 29.2 Å². The number of para-hydroxylation sites is 1. The second kappa shape index (κ2) is 9.29. The number of rotatable bonds is 5. The van der Waals surface area contributed by atoms with Crippen molar-refractivity contribution in [3.05, 3.63) is 64.9 Å². The van der Waals surface area contributed by atoms with Gasteiger partial charge in [0.2, 0.25) is 0 Å². The maximum Gasteiger partial charge on any atom is 0.416 e. The smallest absolute Gasteiger partial charge is 0.416 e. The number of esters is 1. The molecule has 1 aromatic carbocycles. The third kappa shape index (κ3) is 5.11. The number of carbonyl (C=O) groups is 1. The van der Waals surface area contributed by atoms with E-state index in [9.17, 15) is 41.5 Å². The van der Waals surface area contributed by atoms with Crippen LogP contribution in [0.15, 0.2) is 59.3 Å². The highest BCUT2D eigenvalue weighted by Crippen LogP contribution is 2.41. The predicted octanol–water partition coefficient (Wildman–Crippen LogP) is 5.99. The molecule has 1 N–H and O–H groups in total. The van der Waals surface area contributed by atoms with Crippen molar-refractivity contribution in [1.29, 1.82) is 5.26 Å². The van der Waals surface area contributed by atoms with E-state index in [0.29, 0.717) is 17.0 Å². The molecule has 0 saturated heterocycles. The molecule has 3 rings (SSSR count). The SMILES string of the molecule is CCOC(=O)/C(C#N)=C(\O)c1cn(CC2=CC(C(F)(F)F)=CC(C(F)(F)F)C2)c2ccccc12. The molecule has 0 fully saturated rings. The molecule has 1 atom stereocenters. The summed E-state index contributed by atoms with van der Waals surface area (Å²) in [6.07, 6.45) is -8.35. The Morgan fingerprint density at radius 3 is 2.50 bits per heavy atom. The fourth-order valence-electron chi connectivity index (χ4n) is 3.70. The zero-order chi connectivity index (χ0) is 25.3. The standard InChI is InChI=1S/C23H18F6N2O3/c1-2-34-21(33)17(10-30)20(32)18-12-31(19-6-4-3-5-16(18)19)11-13-7-14(22(24,25)26)9-15(8-13)23(27,28)29/h3-7,9,12,15,32H,2,8,11H2,1H3/b20-17-. The average molecular weight is 484 g/mol. The van der Waals surface area contributed by atoms with Crippen LogP contribution < -0.4 is 0 Å². The summed E-state index contributed by atoms with van der Waals surface area (Å²) < 4.78 is 85.7. The van der Waals surface area contributed by atoms with Gasteiger partial charge in [0.25, 0.3) is 0 Å². The molecule has 180 valence electrons. The molecule has 0 saturated carbocycles. The largest absolute Gasteiger partial charge is 0.506 e. The molecule has 1 unspecified atom stereocenters. The third-order valence-corrected chi connectivity index (χ3v) is 5.22. The minimum absolute atomic E-state index is 0.00979. The summed E-state index contributed by atoms with van der Waals surface area (Å²) in [5.41, 5.74) is -1.81. The van der Waals surface area contributed by atoms with Gasteiger partial charge in [-0.2, -0.15) is 31.6 Å². The van der Waals surface area contributed by atoms with Crippen molar-refractivity contribution >= 4 is 22.6 Å². The van der Waals surface area contributed by atoms with Crippen LogP contribution in [-0.4, -0.2) is 34.6 Å². The molecule has 0 bridgehead atoms. The molecule has 5 nitrogen and oxygen atoms in total. The number of nitriles is 1. The van der Waals surface area contributed by atoms with Gasteiger partial charge < -0.3 is 14.4 Å². The highest BCUT2D eigenvalue weighted by molar-refractivity contribution is 6.03. The number of carbonyl (C=O) groups excluding carboxylic acids is 1. The van der Waals surface area contributed by atoms with E-state index in [4.69, 9.17) is 4.74 Å². The van der Waals surface area contributed by atoms with Crippen LogP contribution in [0.4, 0.5) is 26.3 Å². The van der Waals surface area contributed by atoms with Crippen molar-refractivity contribution in [3.63, 3.8) is 0 Å². The predicted molar refractivity (Wildman–Crippen MR) is 110 cm³/mol. The molecule has 0 aliphatic heterocycles. The molecular formula is C23H18F6N2O3. The van der Waals surface area contributed by atoms with Crippen LogP contribution in [0.25, 0.3) is 16.7 Å². The molecule has 0 amide bonds. The van der Waals surface area contributed by atoms with Crippen LogP contribution >= 0.6 is 0 Å². The number of aliphatic hydroxyl groups is 1. The second-order valence-electron chi connectivity index (χ2n) is 7.52.